The highest BCUT2D eigenvalue weighted by atomic mass is 16.6. The average Bonchev–Trinajstić information content (AvgIpc) is 3.08. The molecule has 1 aromatic carbocycles. The number of hydrogen-bond acceptors (Lipinski definition) is 6. The van der Waals surface area contributed by atoms with Gasteiger partial charge < -0.3 is 14.2 Å². The molecular weight excluding hydrogens is 358 g/mol. The molecule has 28 heavy (non-hydrogen) atoms. The summed E-state index contributed by atoms with van der Waals surface area (Å²) in [7, 11) is 0. The van der Waals surface area contributed by atoms with Gasteiger partial charge in [0.1, 0.15) is 0 Å². The lowest BCUT2D eigenvalue weighted by Gasteiger charge is -2.33. The molecule has 1 aliphatic heterocycles. The molecule has 2 aliphatic rings. The highest BCUT2D eigenvalue weighted by molar-refractivity contribution is 6.18. The van der Waals surface area contributed by atoms with Crippen LogP contribution < -0.4 is 0 Å². The molecule has 150 valence electrons. The highest BCUT2D eigenvalue weighted by Gasteiger charge is 2.75. The van der Waals surface area contributed by atoms with E-state index in [1.807, 2.05) is 56.3 Å². The minimum atomic E-state index is -1.21. The van der Waals surface area contributed by atoms with E-state index in [2.05, 4.69) is 0 Å². The lowest BCUT2D eigenvalue weighted by atomic mass is 9.76. The summed E-state index contributed by atoms with van der Waals surface area (Å²) in [6, 6.07) is 9.48. The number of nitrogens with zero attached hydrogens (tertiary/aromatic N) is 1. The summed E-state index contributed by atoms with van der Waals surface area (Å²) in [5, 5.41) is 0. The zero-order valence-electron chi connectivity index (χ0n) is 16.8. The fraction of sp³-hybridized carbons (Fsp3) is 0.500. The number of allylic oxidation sites excluding steroid dienone is 1. The smallest absolute Gasteiger partial charge is 0.322 e. The molecular formula is C22H27NO5. The van der Waals surface area contributed by atoms with E-state index >= 15 is 0 Å². The summed E-state index contributed by atoms with van der Waals surface area (Å²) in [5.74, 6) is -1.12. The summed E-state index contributed by atoms with van der Waals surface area (Å²) in [6.07, 6.45) is 3.40. The maximum atomic E-state index is 13.3. The van der Waals surface area contributed by atoms with E-state index in [0.717, 1.165) is 5.56 Å². The zero-order valence-corrected chi connectivity index (χ0v) is 16.8. The van der Waals surface area contributed by atoms with Gasteiger partial charge in [-0.3, -0.25) is 9.59 Å². The lowest BCUT2D eigenvalue weighted by molar-refractivity contribution is -0.179. The molecule has 0 radical (unpaired) electrons. The van der Waals surface area contributed by atoms with E-state index < -0.39 is 29.2 Å². The van der Waals surface area contributed by atoms with Crippen molar-refractivity contribution in [2.45, 2.75) is 45.9 Å². The number of hydrogen-bond donors (Lipinski definition) is 0. The Morgan fingerprint density at radius 3 is 2.50 bits per heavy atom. The normalized spacial score (nSPS) is 31.1. The average molecular weight is 385 g/mol. The molecule has 1 saturated carbocycles. The Balaban J connectivity index is 2.26. The Bertz CT molecular complexity index is 802. The number of fused-ring (bicyclic) bond motifs is 2. The van der Waals surface area contributed by atoms with Crippen LogP contribution in [-0.2, 0) is 23.8 Å². The van der Waals surface area contributed by atoms with E-state index in [-0.39, 0.29) is 12.5 Å². The molecule has 1 fully saturated rings. The van der Waals surface area contributed by atoms with Crippen molar-refractivity contribution in [3.8, 4) is 0 Å². The van der Waals surface area contributed by atoms with Crippen molar-refractivity contribution in [2.75, 3.05) is 13.2 Å². The molecule has 1 aliphatic carbocycles. The zero-order chi connectivity index (χ0) is 20.4. The van der Waals surface area contributed by atoms with Gasteiger partial charge in [-0.15, -0.1) is 0 Å². The summed E-state index contributed by atoms with van der Waals surface area (Å²) < 4.78 is 17.4. The van der Waals surface area contributed by atoms with E-state index in [4.69, 9.17) is 19.2 Å². The first-order valence-electron chi connectivity index (χ1n) is 9.73. The van der Waals surface area contributed by atoms with Crippen LogP contribution in [0.5, 0.6) is 0 Å². The van der Waals surface area contributed by atoms with Crippen LogP contribution in [-0.4, -0.2) is 42.7 Å². The fourth-order valence-electron chi connectivity index (χ4n) is 4.48. The van der Waals surface area contributed by atoms with E-state index in [0.29, 0.717) is 18.7 Å². The first kappa shape index (κ1) is 20.3. The molecule has 6 heteroatoms. The van der Waals surface area contributed by atoms with Crippen LogP contribution in [0.4, 0.5) is 0 Å². The number of rotatable bonds is 7. The summed E-state index contributed by atoms with van der Waals surface area (Å²) >= 11 is 0. The minimum Gasteiger partial charge on any atom is -0.465 e. The third-order valence-corrected chi connectivity index (χ3v) is 5.38. The standard InChI is InChI=1S/C22H27NO5/c1-5-11-17-14-21(20(25)26-6-2)18(16-12-9-8-10-13-16)23-22(17,27-7-3)19(21)28-15(4)24/h5,8-13,17,19H,6-7,14H2,1-4H3/b11-5+/t17-,19+,21+,22+/m0/s1. The van der Waals surface area contributed by atoms with Crippen molar-refractivity contribution in [3.63, 3.8) is 0 Å². The van der Waals surface area contributed by atoms with Crippen LogP contribution in [0.2, 0.25) is 0 Å². The van der Waals surface area contributed by atoms with Crippen molar-refractivity contribution in [1.82, 2.24) is 0 Å². The van der Waals surface area contributed by atoms with E-state index in [1.54, 1.807) is 6.92 Å². The number of benzene rings is 1. The highest BCUT2D eigenvalue weighted by Crippen LogP contribution is 2.60. The Morgan fingerprint density at radius 1 is 1.21 bits per heavy atom. The Hall–Kier alpha value is -2.47. The molecule has 0 aromatic heterocycles. The number of aliphatic imine (C=N–C) groups is 1. The quantitative estimate of drug-likeness (QED) is 0.532. The Labute approximate surface area is 165 Å². The van der Waals surface area contributed by atoms with Gasteiger partial charge in [-0.1, -0.05) is 42.5 Å². The van der Waals surface area contributed by atoms with Crippen LogP contribution in [0.3, 0.4) is 0 Å². The van der Waals surface area contributed by atoms with Gasteiger partial charge in [0.25, 0.3) is 0 Å². The topological polar surface area (TPSA) is 74.2 Å². The second-order valence-electron chi connectivity index (χ2n) is 7.03. The van der Waals surface area contributed by atoms with Gasteiger partial charge in [0.05, 0.1) is 12.3 Å². The van der Waals surface area contributed by atoms with Crippen molar-refractivity contribution in [1.29, 1.82) is 0 Å². The number of esters is 2. The second-order valence-corrected chi connectivity index (χ2v) is 7.03. The van der Waals surface area contributed by atoms with Crippen molar-refractivity contribution >= 4 is 17.7 Å². The van der Waals surface area contributed by atoms with Crippen LogP contribution in [0.15, 0.2) is 47.5 Å². The maximum Gasteiger partial charge on any atom is 0.322 e. The maximum absolute atomic E-state index is 13.3. The van der Waals surface area contributed by atoms with Gasteiger partial charge in [0.15, 0.2) is 11.5 Å². The second kappa shape index (κ2) is 7.87. The number of carbonyl (C=O) groups excluding carboxylic acids is 2. The molecule has 0 amide bonds. The molecule has 0 spiro atoms. The van der Waals surface area contributed by atoms with Crippen LogP contribution >= 0.6 is 0 Å². The molecule has 1 aromatic rings. The molecule has 0 saturated heterocycles. The predicted octanol–water partition coefficient (Wildman–Crippen LogP) is 3.30. The van der Waals surface area contributed by atoms with E-state index in [1.165, 1.54) is 6.92 Å². The van der Waals surface area contributed by atoms with Crippen LogP contribution in [0.1, 0.15) is 39.7 Å². The predicted molar refractivity (Wildman–Crippen MR) is 105 cm³/mol. The van der Waals surface area contributed by atoms with Gasteiger partial charge in [-0.05, 0) is 32.8 Å². The van der Waals surface area contributed by atoms with Crippen molar-refractivity contribution < 1.29 is 23.8 Å². The molecule has 0 N–H and O–H groups in total. The van der Waals surface area contributed by atoms with Gasteiger partial charge in [-0.25, -0.2) is 4.99 Å². The van der Waals surface area contributed by atoms with Gasteiger partial charge in [0.2, 0.25) is 5.72 Å². The van der Waals surface area contributed by atoms with E-state index in [9.17, 15) is 9.59 Å². The van der Waals surface area contributed by atoms with Gasteiger partial charge >= 0.3 is 11.9 Å². The summed E-state index contributed by atoms with van der Waals surface area (Å²) in [6.45, 7) is 7.47. The minimum absolute atomic E-state index is 0.210. The largest absolute Gasteiger partial charge is 0.465 e. The van der Waals surface area contributed by atoms with Gasteiger partial charge in [-0.2, -0.15) is 0 Å². The molecule has 6 nitrogen and oxygen atoms in total. The van der Waals surface area contributed by atoms with Crippen molar-refractivity contribution in [3.05, 3.63) is 48.0 Å². The SMILES string of the molecule is C/C=C/[C@H]1C[C@@]2(C(=O)OCC)C(c3ccccc3)=N[C@]1(OCC)[C@@H]2OC(C)=O. The third kappa shape index (κ3) is 2.96. The monoisotopic (exact) mass is 385 g/mol. The molecule has 4 atom stereocenters. The van der Waals surface area contributed by atoms with Gasteiger partial charge in [0, 0.05) is 19.4 Å². The summed E-state index contributed by atoms with van der Waals surface area (Å²) in [5.41, 5.74) is -0.993. The van der Waals surface area contributed by atoms with Crippen LogP contribution in [0, 0.1) is 11.3 Å². The molecule has 3 rings (SSSR count). The molecule has 0 unspecified atom stereocenters. The molecule has 1 heterocycles. The number of ether oxygens (including phenoxy) is 3. The fourth-order valence-corrected chi connectivity index (χ4v) is 4.48. The third-order valence-electron chi connectivity index (χ3n) is 5.38. The molecule has 2 bridgehead atoms. The summed E-state index contributed by atoms with van der Waals surface area (Å²) in [4.78, 5) is 30.2. The first-order chi connectivity index (χ1) is 13.5. The van der Waals surface area contributed by atoms with Crippen molar-refractivity contribution in [2.24, 2.45) is 16.3 Å². The first-order valence-corrected chi connectivity index (χ1v) is 9.73. The number of carbonyl (C=O) groups is 2. The Morgan fingerprint density at radius 2 is 1.93 bits per heavy atom. The lowest BCUT2D eigenvalue weighted by Crippen LogP contribution is -2.50. The Kier molecular flexibility index (Phi) is 5.70. The van der Waals surface area contributed by atoms with Crippen LogP contribution in [0.25, 0.3) is 0 Å².